The molecule has 100 valence electrons. The number of alkyl halides is 2. The molecule has 18 heavy (non-hydrogen) atoms. The van der Waals surface area contributed by atoms with Crippen LogP contribution in [0.15, 0.2) is 30.3 Å². The van der Waals surface area contributed by atoms with E-state index in [0.717, 1.165) is 0 Å². The molecule has 1 rings (SSSR count). The maximum atomic E-state index is 13.7. The van der Waals surface area contributed by atoms with E-state index in [4.69, 9.17) is 0 Å². The van der Waals surface area contributed by atoms with Gasteiger partial charge in [0.05, 0.1) is 6.54 Å². The molecule has 1 N–H and O–H groups in total. The molecule has 0 unspecified atom stereocenters. The maximum absolute atomic E-state index is 13.7. The van der Waals surface area contributed by atoms with Crippen molar-refractivity contribution in [2.45, 2.75) is 12.3 Å². The fourth-order valence-corrected chi connectivity index (χ4v) is 1.45. The van der Waals surface area contributed by atoms with Gasteiger partial charge >= 0.3 is 0 Å². The molecule has 0 bridgehead atoms. The topological polar surface area (TPSA) is 32.3 Å². The number of rotatable bonds is 6. The van der Waals surface area contributed by atoms with Crippen molar-refractivity contribution in [3.8, 4) is 0 Å². The molecule has 1 aromatic carbocycles. The highest BCUT2D eigenvalue weighted by atomic mass is 19.3. The summed E-state index contributed by atoms with van der Waals surface area (Å²) < 4.78 is 27.4. The number of hydrogen-bond acceptors (Lipinski definition) is 2. The number of nitrogens with zero attached hydrogens (tertiary/aromatic N) is 1. The predicted molar refractivity (Wildman–Crippen MR) is 66.5 cm³/mol. The molecule has 0 aliphatic carbocycles. The van der Waals surface area contributed by atoms with Gasteiger partial charge in [-0.25, -0.2) is 0 Å². The van der Waals surface area contributed by atoms with Gasteiger partial charge < -0.3 is 10.2 Å². The molecule has 0 aromatic heterocycles. The monoisotopic (exact) mass is 256 g/mol. The van der Waals surface area contributed by atoms with Crippen LogP contribution in [0.5, 0.6) is 0 Å². The molecule has 0 aliphatic heterocycles. The number of halogens is 2. The lowest BCUT2D eigenvalue weighted by atomic mass is 10.1. The van der Waals surface area contributed by atoms with Crippen molar-refractivity contribution < 1.29 is 13.6 Å². The average molecular weight is 256 g/mol. The predicted octanol–water partition coefficient (Wildman–Crippen LogP) is 1.85. The molecule has 0 heterocycles. The average Bonchev–Trinajstić information content (AvgIpc) is 2.35. The fourth-order valence-electron chi connectivity index (χ4n) is 1.45. The summed E-state index contributed by atoms with van der Waals surface area (Å²) in [5.41, 5.74) is -0.0172. The summed E-state index contributed by atoms with van der Waals surface area (Å²) in [4.78, 5) is 12.7. The quantitative estimate of drug-likeness (QED) is 0.788. The molecule has 0 saturated heterocycles. The highest BCUT2D eigenvalue weighted by Crippen LogP contribution is 2.26. The zero-order valence-electron chi connectivity index (χ0n) is 10.6. The van der Waals surface area contributed by atoms with Gasteiger partial charge in [0.25, 0.3) is 5.92 Å². The van der Waals surface area contributed by atoms with Crippen LogP contribution >= 0.6 is 0 Å². The van der Waals surface area contributed by atoms with Crippen LogP contribution in [0.3, 0.4) is 0 Å². The molecule has 0 spiro atoms. The second-order valence-corrected chi connectivity index (χ2v) is 4.29. The lowest BCUT2D eigenvalue weighted by molar-refractivity contribution is -0.128. The van der Waals surface area contributed by atoms with E-state index in [1.165, 1.54) is 17.0 Å². The van der Waals surface area contributed by atoms with Crippen LogP contribution in [0.2, 0.25) is 0 Å². The molecule has 3 nitrogen and oxygen atoms in total. The minimum absolute atomic E-state index is 0.0172. The van der Waals surface area contributed by atoms with E-state index in [9.17, 15) is 13.6 Å². The summed E-state index contributed by atoms with van der Waals surface area (Å²) >= 11 is 0. The third-order valence-corrected chi connectivity index (χ3v) is 2.56. The minimum Gasteiger partial charge on any atom is -0.349 e. The summed E-state index contributed by atoms with van der Waals surface area (Å²) in [6, 6.07) is 7.65. The Morgan fingerprint density at radius 3 is 2.44 bits per heavy atom. The Morgan fingerprint density at radius 2 is 1.89 bits per heavy atom. The minimum atomic E-state index is -2.91. The molecule has 0 radical (unpaired) electrons. The maximum Gasteiger partial charge on any atom is 0.285 e. The summed E-state index contributed by atoms with van der Waals surface area (Å²) in [5.74, 6) is -2.99. The number of hydrogen-bond donors (Lipinski definition) is 1. The van der Waals surface area contributed by atoms with Crippen molar-refractivity contribution in [3.63, 3.8) is 0 Å². The number of benzene rings is 1. The van der Waals surface area contributed by atoms with Gasteiger partial charge in [-0.05, 0) is 0 Å². The SMILES string of the molecule is CN(C)C(=O)CCNCC(F)(F)c1ccccc1. The Labute approximate surface area is 106 Å². The van der Waals surface area contributed by atoms with Gasteiger partial charge in [-0.2, -0.15) is 8.78 Å². The molecule has 0 atom stereocenters. The largest absolute Gasteiger partial charge is 0.349 e. The summed E-state index contributed by atoms with van der Waals surface area (Å²) in [7, 11) is 3.28. The van der Waals surface area contributed by atoms with Gasteiger partial charge in [0.15, 0.2) is 0 Å². The molecule has 0 aliphatic rings. The van der Waals surface area contributed by atoms with E-state index >= 15 is 0 Å². The van der Waals surface area contributed by atoms with Crippen LogP contribution in [0.1, 0.15) is 12.0 Å². The van der Waals surface area contributed by atoms with Crippen LogP contribution in [0.25, 0.3) is 0 Å². The van der Waals surface area contributed by atoms with Gasteiger partial charge in [0.2, 0.25) is 5.91 Å². The van der Waals surface area contributed by atoms with Crippen LogP contribution in [-0.2, 0) is 10.7 Å². The molecular formula is C13H18F2N2O. The van der Waals surface area contributed by atoms with Crippen molar-refractivity contribution >= 4 is 5.91 Å². The Morgan fingerprint density at radius 1 is 1.28 bits per heavy atom. The third-order valence-electron chi connectivity index (χ3n) is 2.56. The number of nitrogens with one attached hydrogen (secondary N) is 1. The molecule has 1 amide bonds. The van der Waals surface area contributed by atoms with E-state index in [2.05, 4.69) is 5.32 Å². The third kappa shape index (κ3) is 4.41. The second-order valence-electron chi connectivity index (χ2n) is 4.29. The zero-order chi connectivity index (χ0) is 13.6. The summed E-state index contributed by atoms with van der Waals surface area (Å²) in [6.07, 6.45) is 0.220. The van der Waals surface area contributed by atoms with Crippen molar-refractivity contribution in [2.24, 2.45) is 0 Å². The first-order valence-electron chi connectivity index (χ1n) is 5.78. The summed E-state index contributed by atoms with van der Waals surface area (Å²) in [6.45, 7) is -0.211. The Bertz CT molecular complexity index is 380. The Hall–Kier alpha value is -1.49. The van der Waals surface area contributed by atoms with Crippen LogP contribution < -0.4 is 5.32 Å². The first-order valence-corrected chi connectivity index (χ1v) is 5.78. The standard InChI is InChI=1S/C13H18F2N2O/c1-17(2)12(18)8-9-16-10-13(14,15)11-6-4-3-5-7-11/h3-7,16H,8-10H2,1-2H3. The smallest absolute Gasteiger partial charge is 0.285 e. The van der Waals surface area contributed by atoms with Gasteiger partial charge in [-0.1, -0.05) is 30.3 Å². The Balaban J connectivity index is 2.37. The van der Waals surface area contributed by atoms with Crippen molar-refractivity contribution in [1.29, 1.82) is 0 Å². The Kier molecular flexibility index (Phi) is 5.22. The van der Waals surface area contributed by atoms with Crippen molar-refractivity contribution in [3.05, 3.63) is 35.9 Å². The van der Waals surface area contributed by atoms with E-state index in [1.807, 2.05) is 0 Å². The highest BCUT2D eigenvalue weighted by molar-refractivity contribution is 5.75. The van der Waals surface area contributed by atoms with Gasteiger partial charge in [0.1, 0.15) is 0 Å². The van der Waals surface area contributed by atoms with E-state index in [-0.39, 0.29) is 24.4 Å². The first kappa shape index (κ1) is 14.6. The molecule has 1 aromatic rings. The normalized spacial score (nSPS) is 11.3. The van der Waals surface area contributed by atoms with Crippen molar-refractivity contribution in [2.75, 3.05) is 27.2 Å². The van der Waals surface area contributed by atoms with Gasteiger partial charge in [-0.15, -0.1) is 0 Å². The second kappa shape index (κ2) is 6.44. The summed E-state index contributed by atoms with van der Waals surface area (Å²) in [5, 5.41) is 2.61. The highest BCUT2D eigenvalue weighted by Gasteiger charge is 2.30. The van der Waals surface area contributed by atoms with E-state index in [1.54, 1.807) is 32.3 Å². The van der Waals surface area contributed by atoms with Crippen LogP contribution in [0, 0.1) is 0 Å². The molecular weight excluding hydrogens is 238 g/mol. The number of amides is 1. The number of carbonyl (C=O) groups is 1. The molecule has 0 saturated carbocycles. The van der Waals surface area contributed by atoms with E-state index < -0.39 is 12.5 Å². The zero-order valence-corrected chi connectivity index (χ0v) is 10.6. The first-order chi connectivity index (χ1) is 8.43. The van der Waals surface area contributed by atoms with Crippen LogP contribution in [-0.4, -0.2) is 38.0 Å². The lowest BCUT2D eigenvalue weighted by Crippen LogP contribution is -2.33. The van der Waals surface area contributed by atoms with E-state index in [0.29, 0.717) is 0 Å². The number of carbonyl (C=O) groups excluding carboxylic acids is 1. The lowest BCUT2D eigenvalue weighted by Gasteiger charge is -2.17. The van der Waals surface area contributed by atoms with Gasteiger partial charge in [0, 0.05) is 32.6 Å². The molecule has 0 fully saturated rings. The fraction of sp³-hybridized carbons (Fsp3) is 0.462. The van der Waals surface area contributed by atoms with Crippen LogP contribution in [0.4, 0.5) is 8.78 Å². The molecule has 5 heteroatoms. The van der Waals surface area contributed by atoms with Gasteiger partial charge in [-0.3, -0.25) is 4.79 Å². The van der Waals surface area contributed by atoms with Crippen molar-refractivity contribution in [1.82, 2.24) is 10.2 Å².